The van der Waals surface area contributed by atoms with Crippen LogP contribution >= 0.6 is 0 Å². The third-order valence-corrected chi connectivity index (χ3v) is 4.98. The van der Waals surface area contributed by atoms with Gasteiger partial charge in [-0.3, -0.25) is 9.69 Å². The molecular formula is C22H28N2O2. The first-order chi connectivity index (χ1) is 12.7. The molecule has 26 heavy (non-hydrogen) atoms. The normalized spacial score (nSPS) is 16.5. The van der Waals surface area contributed by atoms with Crippen molar-refractivity contribution < 1.29 is 9.53 Å². The molecule has 1 N–H and O–H groups in total. The van der Waals surface area contributed by atoms with Crippen LogP contribution in [0.5, 0.6) is 5.75 Å². The first kappa shape index (κ1) is 18.5. The van der Waals surface area contributed by atoms with Crippen LogP contribution in [0.1, 0.15) is 42.9 Å². The summed E-state index contributed by atoms with van der Waals surface area (Å²) in [6, 6.07) is 15.6. The summed E-state index contributed by atoms with van der Waals surface area (Å²) in [5, 5.41) is 3.11. The lowest BCUT2D eigenvalue weighted by molar-refractivity contribution is -0.121. The monoisotopic (exact) mass is 352 g/mol. The second-order valence-electron chi connectivity index (χ2n) is 6.96. The van der Waals surface area contributed by atoms with E-state index >= 15 is 0 Å². The molecule has 0 bridgehead atoms. The minimum Gasteiger partial charge on any atom is -0.495 e. The third-order valence-electron chi connectivity index (χ3n) is 4.98. The molecule has 0 aliphatic carbocycles. The Hall–Kier alpha value is -2.33. The van der Waals surface area contributed by atoms with Crippen LogP contribution in [0.15, 0.2) is 48.5 Å². The molecule has 0 saturated carbocycles. The van der Waals surface area contributed by atoms with Gasteiger partial charge in [-0.1, -0.05) is 49.2 Å². The van der Waals surface area contributed by atoms with E-state index in [2.05, 4.69) is 10.2 Å². The number of amides is 1. The molecule has 3 rings (SSSR count). The minimum atomic E-state index is -0.278. The van der Waals surface area contributed by atoms with Crippen molar-refractivity contribution in [3.8, 4) is 5.75 Å². The molecule has 2 aromatic carbocycles. The van der Waals surface area contributed by atoms with Gasteiger partial charge in [0.1, 0.15) is 11.8 Å². The molecule has 0 unspecified atom stereocenters. The van der Waals surface area contributed by atoms with E-state index in [9.17, 15) is 4.79 Å². The highest BCUT2D eigenvalue weighted by Crippen LogP contribution is 2.29. The van der Waals surface area contributed by atoms with Crippen LogP contribution in [0.25, 0.3) is 0 Å². The van der Waals surface area contributed by atoms with Crippen LogP contribution in [-0.4, -0.2) is 31.0 Å². The highest BCUT2D eigenvalue weighted by Gasteiger charge is 2.28. The summed E-state index contributed by atoms with van der Waals surface area (Å²) in [6.07, 6.45) is 4.77. The van der Waals surface area contributed by atoms with E-state index in [1.165, 1.54) is 12.8 Å². The Labute approximate surface area is 156 Å². The summed E-state index contributed by atoms with van der Waals surface area (Å²) in [6.45, 7) is 3.93. The SMILES string of the molecule is COc1ccc(C)cc1NC(=O)[C@H](c1ccccc1)N1CCCCCC1. The van der Waals surface area contributed by atoms with Gasteiger partial charge in [-0.25, -0.2) is 0 Å². The van der Waals surface area contributed by atoms with Gasteiger partial charge < -0.3 is 10.1 Å². The average Bonchev–Trinajstić information content (AvgIpc) is 2.92. The molecule has 1 aliphatic heterocycles. The predicted molar refractivity (Wildman–Crippen MR) is 106 cm³/mol. The number of likely N-dealkylation sites (tertiary alicyclic amines) is 1. The number of hydrogen-bond acceptors (Lipinski definition) is 3. The summed E-state index contributed by atoms with van der Waals surface area (Å²) in [4.78, 5) is 15.6. The molecule has 1 fully saturated rings. The highest BCUT2D eigenvalue weighted by atomic mass is 16.5. The molecule has 1 atom stereocenters. The lowest BCUT2D eigenvalue weighted by atomic mass is 10.0. The fourth-order valence-electron chi connectivity index (χ4n) is 3.64. The van der Waals surface area contributed by atoms with E-state index in [0.717, 1.165) is 42.7 Å². The quantitative estimate of drug-likeness (QED) is 0.858. The van der Waals surface area contributed by atoms with Crippen molar-refractivity contribution >= 4 is 11.6 Å². The van der Waals surface area contributed by atoms with E-state index in [0.29, 0.717) is 5.75 Å². The Morgan fingerprint density at radius 2 is 1.73 bits per heavy atom. The molecule has 2 aromatic rings. The van der Waals surface area contributed by atoms with Gasteiger partial charge in [-0.15, -0.1) is 0 Å². The minimum absolute atomic E-state index is 0.00185. The molecule has 0 spiro atoms. The number of nitrogens with one attached hydrogen (secondary N) is 1. The Morgan fingerprint density at radius 1 is 1.04 bits per heavy atom. The number of methoxy groups -OCH3 is 1. The summed E-state index contributed by atoms with van der Waals surface area (Å²) in [7, 11) is 1.63. The van der Waals surface area contributed by atoms with Crippen molar-refractivity contribution in [2.24, 2.45) is 0 Å². The van der Waals surface area contributed by atoms with Crippen LogP contribution in [-0.2, 0) is 4.79 Å². The van der Waals surface area contributed by atoms with E-state index in [-0.39, 0.29) is 11.9 Å². The van der Waals surface area contributed by atoms with Crippen molar-refractivity contribution in [2.75, 3.05) is 25.5 Å². The number of anilines is 1. The average molecular weight is 352 g/mol. The number of nitrogens with zero attached hydrogens (tertiary/aromatic N) is 1. The van der Waals surface area contributed by atoms with Gasteiger partial charge in [-0.2, -0.15) is 0 Å². The van der Waals surface area contributed by atoms with Gasteiger partial charge in [-0.05, 0) is 56.1 Å². The first-order valence-electron chi connectivity index (χ1n) is 9.43. The number of carbonyl (C=O) groups is 1. The molecule has 0 aromatic heterocycles. The number of rotatable bonds is 5. The maximum Gasteiger partial charge on any atom is 0.246 e. The largest absolute Gasteiger partial charge is 0.495 e. The lowest BCUT2D eigenvalue weighted by Gasteiger charge is -2.30. The topological polar surface area (TPSA) is 41.6 Å². The van der Waals surface area contributed by atoms with E-state index in [4.69, 9.17) is 4.74 Å². The van der Waals surface area contributed by atoms with Crippen LogP contribution in [0.2, 0.25) is 0 Å². The van der Waals surface area contributed by atoms with Crippen molar-refractivity contribution in [3.63, 3.8) is 0 Å². The Kier molecular flexibility index (Phi) is 6.29. The van der Waals surface area contributed by atoms with E-state index in [1.54, 1.807) is 7.11 Å². The van der Waals surface area contributed by atoms with Crippen LogP contribution < -0.4 is 10.1 Å². The molecule has 1 amide bonds. The molecule has 1 saturated heterocycles. The molecule has 0 radical (unpaired) electrons. The van der Waals surface area contributed by atoms with Crippen LogP contribution in [0.4, 0.5) is 5.69 Å². The number of ether oxygens (including phenoxy) is 1. The highest BCUT2D eigenvalue weighted by molar-refractivity contribution is 5.96. The zero-order valence-corrected chi connectivity index (χ0v) is 15.7. The van der Waals surface area contributed by atoms with Gasteiger partial charge in [0.25, 0.3) is 0 Å². The van der Waals surface area contributed by atoms with Crippen LogP contribution in [0.3, 0.4) is 0 Å². The van der Waals surface area contributed by atoms with Crippen molar-refractivity contribution in [1.82, 2.24) is 4.90 Å². The number of hydrogen-bond donors (Lipinski definition) is 1. The smallest absolute Gasteiger partial charge is 0.246 e. The third kappa shape index (κ3) is 4.44. The van der Waals surface area contributed by atoms with Crippen molar-refractivity contribution in [2.45, 2.75) is 38.6 Å². The Bertz CT molecular complexity index is 722. The summed E-state index contributed by atoms with van der Waals surface area (Å²) < 4.78 is 5.42. The summed E-state index contributed by atoms with van der Waals surface area (Å²) in [5.41, 5.74) is 2.86. The molecule has 4 heteroatoms. The number of benzene rings is 2. The van der Waals surface area contributed by atoms with E-state index in [1.807, 2.05) is 55.5 Å². The van der Waals surface area contributed by atoms with Gasteiger partial charge in [0.15, 0.2) is 0 Å². The van der Waals surface area contributed by atoms with Crippen molar-refractivity contribution in [1.29, 1.82) is 0 Å². The van der Waals surface area contributed by atoms with Gasteiger partial charge >= 0.3 is 0 Å². The van der Waals surface area contributed by atoms with Crippen molar-refractivity contribution in [3.05, 3.63) is 59.7 Å². The fourth-order valence-corrected chi connectivity index (χ4v) is 3.64. The molecule has 1 aliphatic rings. The van der Waals surface area contributed by atoms with Gasteiger partial charge in [0, 0.05) is 0 Å². The zero-order valence-electron chi connectivity index (χ0n) is 15.7. The first-order valence-corrected chi connectivity index (χ1v) is 9.43. The maximum atomic E-state index is 13.3. The lowest BCUT2D eigenvalue weighted by Crippen LogP contribution is -2.38. The zero-order chi connectivity index (χ0) is 18.4. The molecule has 4 nitrogen and oxygen atoms in total. The Morgan fingerprint density at radius 3 is 2.38 bits per heavy atom. The van der Waals surface area contributed by atoms with Crippen LogP contribution in [0, 0.1) is 6.92 Å². The second kappa shape index (κ2) is 8.86. The number of carbonyl (C=O) groups excluding carboxylic acids is 1. The summed E-state index contributed by atoms with van der Waals surface area (Å²) in [5.74, 6) is 0.689. The molecule has 1 heterocycles. The Balaban J connectivity index is 1.89. The van der Waals surface area contributed by atoms with E-state index < -0.39 is 0 Å². The fraction of sp³-hybridized carbons (Fsp3) is 0.409. The molecular weight excluding hydrogens is 324 g/mol. The van der Waals surface area contributed by atoms with Gasteiger partial charge in [0.05, 0.1) is 12.8 Å². The standard InChI is InChI=1S/C22H28N2O2/c1-17-12-13-20(26-2)19(16-17)23-22(25)21(18-10-6-5-7-11-18)24-14-8-3-4-9-15-24/h5-7,10-13,16,21H,3-4,8-9,14-15H2,1-2H3,(H,23,25)/t21-/m0/s1. The number of aryl methyl sites for hydroxylation is 1. The van der Waals surface area contributed by atoms with Gasteiger partial charge in [0.2, 0.25) is 5.91 Å². The maximum absolute atomic E-state index is 13.3. The second-order valence-corrected chi connectivity index (χ2v) is 6.96. The summed E-state index contributed by atoms with van der Waals surface area (Å²) >= 11 is 0. The molecule has 138 valence electrons. The predicted octanol–water partition coefficient (Wildman–Crippen LogP) is 4.56.